The van der Waals surface area contributed by atoms with Gasteiger partial charge in [0.05, 0.1) is 0 Å². The van der Waals surface area contributed by atoms with E-state index in [1.54, 1.807) is 12.5 Å². The van der Waals surface area contributed by atoms with Crippen LogP contribution < -0.4 is 5.32 Å². The fourth-order valence-electron chi connectivity index (χ4n) is 1.93. The number of aryl methyl sites for hydroxylation is 1. The first kappa shape index (κ1) is 14.1. The van der Waals surface area contributed by atoms with Crippen LogP contribution in [-0.2, 0) is 13.5 Å². The minimum atomic E-state index is 0.202. The van der Waals surface area contributed by atoms with Gasteiger partial charge in [-0.05, 0) is 40.5 Å². The van der Waals surface area contributed by atoms with Gasteiger partial charge in [0, 0.05) is 36.4 Å². The fourth-order valence-corrected chi connectivity index (χ4v) is 2.32. The van der Waals surface area contributed by atoms with E-state index in [1.165, 1.54) is 0 Å². The predicted octanol–water partition coefficient (Wildman–Crippen LogP) is 2.26. The summed E-state index contributed by atoms with van der Waals surface area (Å²) >= 11 is 3.47. The van der Waals surface area contributed by atoms with Gasteiger partial charge in [0.2, 0.25) is 0 Å². The monoisotopic (exact) mass is 323 g/mol. The first-order valence-electron chi connectivity index (χ1n) is 6.37. The molecule has 1 atom stereocenters. The summed E-state index contributed by atoms with van der Waals surface area (Å²) in [7, 11) is 1.92. The summed E-state index contributed by atoms with van der Waals surface area (Å²) in [5.41, 5.74) is 1.16. The molecule has 0 amide bonds. The van der Waals surface area contributed by atoms with Crippen molar-refractivity contribution < 1.29 is 0 Å². The minimum absolute atomic E-state index is 0.202. The first-order chi connectivity index (χ1) is 9.20. The molecule has 0 saturated carbocycles. The Labute approximate surface area is 121 Å². The van der Waals surface area contributed by atoms with Gasteiger partial charge < -0.3 is 5.32 Å². The Kier molecular flexibility index (Phi) is 5.04. The van der Waals surface area contributed by atoms with Crippen molar-refractivity contribution in [3.05, 3.63) is 40.6 Å². The fraction of sp³-hybridized carbons (Fsp3) is 0.462. The molecule has 102 valence electrons. The molecule has 2 aromatic heterocycles. The molecular formula is C13H18BrN5. The van der Waals surface area contributed by atoms with E-state index < -0.39 is 0 Å². The Bertz CT molecular complexity index is 525. The maximum atomic E-state index is 4.29. The number of pyridine rings is 1. The third kappa shape index (κ3) is 3.84. The normalized spacial score (nSPS) is 12.6. The Hall–Kier alpha value is -1.27. The molecule has 6 heteroatoms. The van der Waals surface area contributed by atoms with Gasteiger partial charge in [-0.3, -0.25) is 9.67 Å². The lowest BCUT2D eigenvalue weighted by Gasteiger charge is -2.18. The molecule has 0 bridgehead atoms. The van der Waals surface area contributed by atoms with Crippen LogP contribution in [0.15, 0.2) is 29.3 Å². The molecule has 0 aliphatic heterocycles. The van der Waals surface area contributed by atoms with Gasteiger partial charge in [-0.2, -0.15) is 5.10 Å². The van der Waals surface area contributed by atoms with Gasteiger partial charge in [0.15, 0.2) is 0 Å². The van der Waals surface area contributed by atoms with Crippen molar-refractivity contribution in [1.82, 2.24) is 25.1 Å². The van der Waals surface area contributed by atoms with Crippen LogP contribution in [0, 0.1) is 0 Å². The standard InChI is InChI=1S/C13H18BrN5/c1-3-4-16-12(6-13-17-9-18-19(13)2)10-5-11(14)8-15-7-10/h5,7-9,12,16H,3-4,6H2,1-2H3. The average molecular weight is 324 g/mol. The highest BCUT2D eigenvalue weighted by atomic mass is 79.9. The Morgan fingerprint density at radius 2 is 2.26 bits per heavy atom. The van der Waals surface area contributed by atoms with Crippen LogP contribution in [0.25, 0.3) is 0 Å². The maximum absolute atomic E-state index is 4.29. The van der Waals surface area contributed by atoms with Crippen LogP contribution in [0.3, 0.4) is 0 Å². The van der Waals surface area contributed by atoms with Gasteiger partial charge in [-0.25, -0.2) is 4.98 Å². The molecule has 2 heterocycles. The smallest absolute Gasteiger partial charge is 0.138 e. The molecule has 0 aliphatic rings. The molecule has 5 nitrogen and oxygen atoms in total. The van der Waals surface area contributed by atoms with Crippen LogP contribution in [-0.4, -0.2) is 26.3 Å². The lowest BCUT2D eigenvalue weighted by Crippen LogP contribution is -2.25. The molecule has 0 fully saturated rings. The largest absolute Gasteiger partial charge is 0.310 e. The van der Waals surface area contributed by atoms with E-state index in [0.29, 0.717) is 0 Å². The summed E-state index contributed by atoms with van der Waals surface area (Å²) in [5.74, 6) is 0.966. The van der Waals surface area contributed by atoms with Crippen molar-refractivity contribution in [2.45, 2.75) is 25.8 Å². The number of rotatable bonds is 6. The molecule has 0 aliphatic carbocycles. The van der Waals surface area contributed by atoms with E-state index in [1.807, 2.05) is 17.9 Å². The predicted molar refractivity (Wildman–Crippen MR) is 77.7 cm³/mol. The van der Waals surface area contributed by atoms with Crippen molar-refractivity contribution in [2.75, 3.05) is 6.54 Å². The summed E-state index contributed by atoms with van der Waals surface area (Å²) < 4.78 is 2.80. The molecule has 0 aromatic carbocycles. The number of aromatic nitrogens is 4. The molecule has 2 aromatic rings. The van der Waals surface area contributed by atoms with Crippen LogP contribution >= 0.6 is 15.9 Å². The summed E-state index contributed by atoms with van der Waals surface area (Å²) in [4.78, 5) is 8.53. The van der Waals surface area contributed by atoms with E-state index in [2.05, 4.69) is 49.3 Å². The van der Waals surface area contributed by atoms with Crippen molar-refractivity contribution in [3.8, 4) is 0 Å². The number of hydrogen-bond donors (Lipinski definition) is 1. The summed E-state index contributed by atoms with van der Waals surface area (Å²) in [6.07, 6.45) is 7.17. The second kappa shape index (κ2) is 6.77. The van der Waals surface area contributed by atoms with Gasteiger partial charge in [0.25, 0.3) is 0 Å². The van der Waals surface area contributed by atoms with E-state index in [-0.39, 0.29) is 6.04 Å². The molecule has 19 heavy (non-hydrogen) atoms. The summed E-state index contributed by atoms with van der Waals surface area (Å²) in [5, 5.41) is 7.65. The molecule has 1 N–H and O–H groups in total. The van der Waals surface area contributed by atoms with E-state index in [4.69, 9.17) is 0 Å². The lowest BCUT2D eigenvalue weighted by atomic mass is 10.1. The van der Waals surface area contributed by atoms with Crippen LogP contribution in [0.5, 0.6) is 0 Å². The van der Waals surface area contributed by atoms with Crippen molar-refractivity contribution in [1.29, 1.82) is 0 Å². The summed E-state index contributed by atoms with van der Waals surface area (Å²) in [6.45, 7) is 3.13. The Balaban J connectivity index is 2.18. The number of halogens is 1. The zero-order valence-electron chi connectivity index (χ0n) is 11.2. The third-order valence-corrected chi connectivity index (χ3v) is 3.39. The highest BCUT2D eigenvalue weighted by Gasteiger charge is 2.15. The van der Waals surface area contributed by atoms with Crippen molar-refractivity contribution in [2.24, 2.45) is 7.05 Å². The van der Waals surface area contributed by atoms with Crippen molar-refractivity contribution in [3.63, 3.8) is 0 Å². The molecule has 0 spiro atoms. The minimum Gasteiger partial charge on any atom is -0.310 e. The third-order valence-electron chi connectivity index (χ3n) is 2.96. The van der Waals surface area contributed by atoms with Gasteiger partial charge in [-0.15, -0.1) is 0 Å². The Morgan fingerprint density at radius 1 is 1.42 bits per heavy atom. The van der Waals surface area contributed by atoms with Crippen molar-refractivity contribution >= 4 is 15.9 Å². The highest BCUT2D eigenvalue weighted by molar-refractivity contribution is 9.10. The SMILES string of the molecule is CCCNC(Cc1ncnn1C)c1cncc(Br)c1. The van der Waals surface area contributed by atoms with Gasteiger partial charge in [-0.1, -0.05) is 6.92 Å². The lowest BCUT2D eigenvalue weighted by molar-refractivity contribution is 0.505. The number of hydrogen-bond acceptors (Lipinski definition) is 4. The molecule has 0 radical (unpaired) electrons. The van der Waals surface area contributed by atoms with Gasteiger partial charge >= 0.3 is 0 Å². The summed E-state index contributed by atoms with van der Waals surface area (Å²) in [6, 6.07) is 2.30. The zero-order valence-corrected chi connectivity index (χ0v) is 12.8. The van der Waals surface area contributed by atoms with Crippen LogP contribution in [0.2, 0.25) is 0 Å². The van der Waals surface area contributed by atoms with Gasteiger partial charge in [0.1, 0.15) is 12.2 Å². The van der Waals surface area contributed by atoms with E-state index >= 15 is 0 Å². The molecular weight excluding hydrogens is 306 g/mol. The average Bonchev–Trinajstić information content (AvgIpc) is 2.80. The highest BCUT2D eigenvalue weighted by Crippen LogP contribution is 2.19. The van der Waals surface area contributed by atoms with E-state index in [0.717, 1.165) is 35.2 Å². The second-order valence-electron chi connectivity index (χ2n) is 4.45. The number of nitrogens with one attached hydrogen (secondary N) is 1. The first-order valence-corrected chi connectivity index (χ1v) is 7.16. The topological polar surface area (TPSA) is 55.6 Å². The Morgan fingerprint density at radius 3 is 2.89 bits per heavy atom. The second-order valence-corrected chi connectivity index (χ2v) is 5.36. The van der Waals surface area contributed by atoms with E-state index in [9.17, 15) is 0 Å². The van der Waals surface area contributed by atoms with Crippen LogP contribution in [0.4, 0.5) is 0 Å². The number of nitrogens with zero attached hydrogens (tertiary/aromatic N) is 4. The molecule has 2 rings (SSSR count). The quantitative estimate of drug-likeness (QED) is 0.885. The molecule has 0 saturated heterocycles. The van der Waals surface area contributed by atoms with Crippen LogP contribution in [0.1, 0.15) is 30.8 Å². The maximum Gasteiger partial charge on any atom is 0.138 e. The molecule has 1 unspecified atom stereocenters. The zero-order chi connectivity index (χ0) is 13.7.